The Bertz CT molecular complexity index is 1380. The molecule has 6 rings (SSSR count). The molecule has 9 heteroatoms. The van der Waals surface area contributed by atoms with E-state index in [4.69, 9.17) is 4.98 Å². The van der Waals surface area contributed by atoms with Crippen LogP contribution in [0.5, 0.6) is 0 Å². The minimum absolute atomic E-state index is 0.135. The van der Waals surface area contributed by atoms with Crippen LogP contribution in [0.1, 0.15) is 24.4 Å². The molecule has 0 bridgehead atoms. The highest BCUT2D eigenvalue weighted by molar-refractivity contribution is 5.90. The molecule has 1 aliphatic rings. The van der Waals surface area contributed by atoms with E-state index in [-0.39, 0.29) is 6.04 Å². The maximum absolute atomic E-state index is 4.85. The predicted octanol–water partition coefficient (Wildman–Crippen LogP) is 3.30. The molecule has 5 heterocycles. The van der Waals surface area contributed by atoms with Gasteiger partial charge in [-0.15, -0.1) is 5.10 Å². The smallest absolute Gasteiger partial charge is 0.156 e. The lowest BCUT2D eigenvalue weighted by molar-refractivity contribution is 0.171. The zero-order valence-corrected chi connectivity index (χ0v) is 18.5. The van der Waals surface area contributed by atoms with Crippen LogP contribution < -0.4 is 0 Å². The van der Waals surface area contributed by atoms with Gasteiger partial charge < -0.3 is 9.88 Å². The summed E-state index contributed by atoms with van der Waals surface area (Å²) in [7, 11) is 1.89. The van der Waals surface area contributed by atoms with Gasteiger partial charge in [-0.1, -0.05) is 35.5 Å². The highest BCUT2D eigenvalue weighted by atomic mass is 15.4. The fourth-order valence-electron chi connectivity index (χ4n) is 4.37. The average Bonchev–Trinajstić information content (AvgIpc) is 3.55. The number of H-pyrrole nitrogens is 1. The highest BCUT2D eigenvalue weighted by Gasteiger charge is 2.21. The van der Waals surface area contributed by atoms with E-state index in [1.807, 2.05) is 36.4 Å². The first-order valence-electron chi connectivity index (χ1n) is 11.3. The number of aromatic amines is 1. The monoisotopic (exact) mass is 439 g/mol. The molecule has 0 saturated carbocycles. The van der Waals surface area contributed by atoms with Crippen LogP contribution in [-0.4, -0.2) is 64.3 Å². The molecule has 1 aliphatic heterocycles. The molecule has 1 atom stereocenters. The molecule has 1 N–H and O–H groups in total. The van der Waals surface area contributed by atoms with E-state index in [0.717, 1.165) is 46.6 Å². The zero-order chi connectivity index (χ0) is 22.2. The minimum Gasteiger partial charge on any atom is -0.344 e. The van der Waals surface area contributed by atoms with Gasteiger partial charge in [0.1, 0.15) is 11.2 Å². The van der Waals surface area contributed by atoms with Gasteiger partial charge >= 0.3 is 0 Å². The van der Waals surface area contributed by atoms with Gasteiger partial charge in [0.15, 0.2) is 5.65 Å². The summed E-state index contributed by atoms with van der Waals surface area (Å²) in [6, 6.07) is 10.7. The summed E-state index contributed by atoms with van der Waals surface area (Å²) in [5, 5.41) is 13.3. The lowest BCUT2D eigenvalue weighted by Crippen LogP contribution is -2.38. The van der Waals surface area contributed by atoms with Gasteiger partial charge in [0.2, 0.25) is 0 Å². The normalized spacial score (nSPS) is 15.1. The SMILES string of the molecule is Cn1cc(-c2cnc3[nH]cc(-c4cn(C(CCN5CCC5)c5ccccc5)nn4)c3n2)cn1. The Hall–Kier alpha value is -3.85. The lowest BCUT2D eigenvalue weighted by Gasteiger charge is -2.32. The van der Waals surface area contributed by atoms with Crippen molar-refractivity contribution in [1.82, 2.24) is 44.6 Å². The largest absolute Gasteiger partial charge is 0.344 e. The Labute approximate surface area is 191 Å². The molecule has 5 aromatic rings. The van der Waals surface area contributed by atoms with Gasteiger partial charge in [0, 0.05) is 37.1 Å². The van der Waals surface area contributed by atoms with Crippen molar-refractivity contribution < 1.29 is 0 Å². The maximum Gasteiger partial charge on any atom is 0.156 e. The first kappa shape index (κ1) is 19.8. The zero-order valence-electron chi connectivity index (χ0n) is 18.5. The van der Waals surface area contributed by atoms with Crippen LogP contribution in [-0.2, 0) is 7.05 Å². The molecule has 166 valence electrons. The van der Waals surface area contributed by atoms with Crippen molar-refractivity contribution in [2.75, 3.05) is 19.6 Å². The van der Waals surface area contributed by atoms with Crippen molar-refractivity contribution in [3.8, 4) is 22.5 Å². The quantitative estimate of drug-likeness (QED) is 0.418. The van der Waals surface area contributed by atoms with E-state index in [0.29, 0.717) is 0 Å². The molecule has 0 spiro atoms. The first-order chi connectivity index (χ1) is 16.2. The fraction of sp³-hybridized carbons (Fsp3) is 0.292. The van der Waals surface area contributed by atoms with Crippen LogP contribution in [0.2, 0.25) is 0 Å². The van der Waals surface area contributed by atoms with E-state index < -0.39 is 0 Å². The second-order valence-electron chi connectivity index (χ2n) is 8.55. The third-order valence-corrected chi connectivity index (χ3v) is 6.34. The fourth-order valence-corrected chi connectivity index (χ4v) is 4.37. The number of aromatic nitrogens is 8. The minimum atomic E-state index is 0.135. The molecule has 1 fully saturated rings. The van der Waals surface area contributed by atoms with Gasteiger partial charge in [0.05, 0.1) is 30.3 Å². The van der Waals surface area contributed by atoms with Crippen molar-refractivity contribution >= 4 is 11.2 Å². The number of nitrogens with one attached hydrogen (secondary N) is 1. The number of rotatable bonds is 7. The second-order valence-corrected chi connectivity index (χ2v) is 8.55. The standard InChI is InChI=1S/C24H25N9/c1-31-15-18(12-27-31)20-14-26-24-23(28-20)19(13-25-24)21-16-33(30-29-21)22(8-11-32-9-5-10-32)17-6-3-2-4-7-17/h2-4,6-7,12-16,22H,5,8-11H2,1H3,(H,25,26). The summed E-state index contributed by atoms with van der Waals surface area (Å²) in [6.07, 6.45) is 11.7. The number of nitrogens with zero attached hydrogens (tertiary/aromatic N) is 8. The van der Waals surface area contributed by atoms with E-state index in [1.54, 1.807) is 17.1 Å². The number of fused-ring (bicyclic) bond motifs is 1. The van der Waals surface area contributed by atoms with E-state index in [9.17, 15) is 0 Å². The van der Waals surface area contributed by atoms with Crippen LogP contribution in [0, 0.1) is 0 Å². The number of likely N-dealkylation sites (tertiary alicyclic amines) is 1. The van der Waals surface area contributed by atoms with Gasteiger partial charge in [-0.25, -0.2) is 14.6 Å². The lowest BCUT2D eigenvalue weighted by atomic mass is 10.0. The molecule has 9 nitrogen and oxygen atoms in total. The first-order valence-corrected chi connectivity index (χ1v) is 11.3. The van der Waals surface area contributed by atoms with Crippen LogP contribution in [0.15, 0.2) is 61.3 Å². The molecular weight excluding hydrogens is 414 g/mol. The number of benzene rings is 1. The topological polar surface area (TPSA) is 93.3 Å². The van der Waals surface area contributed by atoms with Gasteiger partial charge in [-0.05, 0) is 31.5 Å². The molecule has 1 aromatic carbocycles. The molecular formula is C24H25N9. The van der Waals surface area contributed by atoms with Crippen LogP contribution in [0.4, 0.5) is 0 Å². The summed E-state index contributed by atoms with van der Waals surface area (Å²) in [4.78, 5) is 15.1. The Morgan fingerprint density at radius 1 is 1.06 bits per heavy atom. The molecule has 0 radical (unpaired) electrons. The summed E-state index contributed by atoms with van der Waals surface area (Å²) in [5.41, 5.74) is 6.13. The Balaban J connectivity index is 1.34. The third kappa shape index (κ3) is 3.80. The second kappa shape index (κ2) is 8.25. The Kier molecular flexibility index (Phi) is 4.95. The third-order valence-electron chi connectivity index (χ3n) is 6.34. The van der Waals surface area contributed by atoms with Gasteiger partial charge in [-0.3, -0.25) is 4.68 Å². The molecule has 0 amide bonds. The van der Waals surface area contributed by atoms with Crippen LogP contribution in [0.3, 0.4) is 0 Å². The summed E-state index contributed by atoms with van der Waals surface area (Å²) < 4.78 is 3.75. The van der Waals surface area contributed by atoms with E-state index in [2.05, 4.69) is 54.5 Å². The van der Waals surface area contributed by atoms with Crippen molar-refractivity contribution in [1.29, 1.82) is 0 Å². The average molecular weight is 440 g/mol. The summed E-state index contributed by atoms with van der Waals surface area (Å²) in [6.45, 7) is 3.44. The van der Waals surface area contributed by atoms with Crippen LogP contribution in [0.25, 0.3) is 33.7 Å². The summed E-state index contributed by atoms with van der Waals surface area (Å²) >= 11 is 0. The number of hydrogen-bond acceptors (Lipinski definition) is 6. The number of hydrogen-bond donors (Lipinski definition) is 1. The van der Waals surface area contributed by atoms with Crippen molar-refractivity contribution in [3.05, 3.63) is 66.9 Å². The van der Waals surface area contributed by atoms with Gasteiger partial charge in [-0.2, -0.15) is 5.10 Å². The van der Waals surface area contributed by atoms with Crippen LogP contribution >= 0.6 is 0 Å². The van der Waals surface area contributed by atoms with E-state index >= 15 is 0 Å². The van der Waals surface area contributed by atoms with Gasteiger partial charge in [0.25, 0.3) is 0 Å². The maximum atomic E-state index is 4.85. The number of aryl methyl sites for hydroxylation is 1. The summed E-state index contributed by atoms with van der Waals surface area (Å²) in [5.74, 6) is 0. The van der Waals surface area contributed by atoms with Crippen molar-refractivity contribution in [2.24, 2.45) is 7.05 Å². The highest BCUT2D eigenvalue weighted by Crippen LogP contribution is 2.29. The molecule has 1 unspecified atom stereocenters. The predicted molar refractivity (Wildman–Crippen MR) is 125 cm³/mol. The van der Waals surface area contributed by atoms with E-state index in [1.165, 1.54) is 25.1 Å². The Morgan fingerprint density at radius 2 is 1.94 bits per heavy atom. The van der Waals surface area contributed by atoms with Crippen molar-refractivity contribution in [2.45, 2.75) is 18.9 Å². The molecule has 4 aromatic heterocycles. The molecule has 0 aliphatic carbocycles. The molecule has 33 heavy (non-hydrogen) atoms. The molecule has 1 saturated heterocycles. The Morgan fingerprint density at radius 3 is 2.70 bits per heavy atom. The van der Waals surface area contributed by atoms with Crippen molar-refractivity contribution in [3.63, 3.8) is 0 Å².